The molecule has 1 fully saturated rings. The molecule has 1 heterocycles. The zero-order valence-corrected chi connectivity index (χ0v) is 13.3. The molecule has 1 amide bonds. The lowest BCUT2D eigenvalue weighted by atomic mass is 10.1. The van der Waals surface area contributed by atoms with Gasteiger partial charge < -0.3 is 15.0 Å². The first kappa shape index (κ1) is 18.7. The summed E-state index contributed by atoms with van der Waals surface area (Å²) < 4.78 is 56.3. The van der Waals surface area contributed by atoms with Gasteiger partial charge in [-0.3, -0.25) is 4.79 Å². The first-order chi connectivity index (χ1) is 11.3. The molecule has 1 N–H and O–H groups in total. The van der Waals surface area contributed by atoms with Crippen molar-refractivity contribution in [3.05, 3.63) is 35.1 Å². The van der Waals surface area contributed by atoms with Crippen LogP contribution in [0.25, 0.3) is 0 Å². The van der Waals surface area contributed by atoms with E-state index < -0.39 is 23.5 Å². The van der Waals surface area contributed by atoms with Crippen LogP contribution in [0.5, 0.6) is 0 Å². The van der Waals surface area contributed by atoms with Crippen molar-refractivity contribution in [2.75, 3.05) is 39.9 Å². The largest absolute Gasteiger partial charge is 0.419 e. The molecular formula is C16H20F4N2O2. The van der Waals surface area contributed by atoms with Crippen molar-refractivity contribution in [2.24, 2.45) is 5.92 Å². The van der Waals surface area contributed by atoms with Crippen molar-refractivity contribution >= 4 is 5.91 Å². The summed E-state index contributed by atoms with van der Waals surface area (Å²) in [5.41, 5.74) is -1.63. The van der Waals surface area contributed by atoms with Crippen LogP contribution in [0.4, 0.5) is 17.6 Å². The number of halogens is 4. The minimum Gasteiger partial charge on any atom is -0.383 e. The van der Waals surface area contributed by atoms with Gasteiger partial charge in [-0.15, -0.1) is 0 Å². The normalized spacial score (nSPS) is 18.8. The van der Waals surface area contributed by atoms with Gasteiger partial charge in [0.05, 0.1) is 12.2 Å². The van der Waals surface area contributed by atoms with E-state index in [4.69, 9.17) is 4.74 Å². The predicted molar refractivity (Wildman–Crippen MR) is 80.2 cm³/mol. The van der Waals surface area contributed by atoms with Crippen LogP contribution in [0.15, 0.2) is 18.2 Å². The molecule has 1 aromatic carbocycles. The molecule has 1 aliphatic heterocycles. The van der Waals surface area contributed by atoms with E-state index in [1.165, 1.54) is 0 Å². The number of nitrogens with one attached hydrogen (secondary N) is 1. The van der Waals surface area contributed by atoms with Gasteiger partial charge in [0.25, 0.3) is 5.91 Å². The second-order valence-corrected chi connectivity index (χ2v) is 5.85. The Morgan fingerprint density at radius 1 is 1.42 bits per heavy atom. The summed E-state index contributed by atoms with van der Waals surface area (Å²) in [6.45, 7) is 3.53. The topological polar surface area (TPSA) is 41.6 Å². The Bertz CT molecular complexity index is 578. The molecule has 0 aliphatic carbocycles. The number of alkyl halides is 3. The molecule has 8 heteroatoms. The molecular weight excluding hydrogens is 328 g/mol. The average Bonchev–Trinajstić information content (AvgIpc) is 2.97. The van der Waals surface area contributed by atoms with Crippen LogP contribution in [0, 0.1) is 11.7 Å². The highest BCUT2D eigenvalue weighted by atomic mass is 19.4. The summed E-state index contributed by atoms with van der Waals surface area (Å²) in [5, 5.41) is 2.63. The fourth-order valence-electron chi connectivity index (χ4n) is 2.73. The molecule has 24 heavy (non-hydrogen) atoms. The van der Waals surface area contributed by atoms with E-state index in [2.05, 4.69) is 10.2 Å². The third-order valence-corrected chi connectivity index (χ3v) is 4.07. The van der Waals surface area contributed by atoms with Gasteiger partial charge in [0.15, 0.2) is 0 Å². The lowest BCUT2D eigenvalue weighted by Crippen LogP contribution is -2.32. The Kier molecular flexibility index (Phi) is 6.17. The summed E-state index contributed by atoms with van der Waals surface area (Å²) in [6, 6.07) is 2.27. The summed E-state index contributed by atoms with van der Waals surface area (Å²) >= 11 is 0. The molecule has 0 spiro atoms. The highest BCUT2D eigenvalue weighted by Crippen LogP contribution is 2.31. The Labute approximate surface area is 137 Å². The summed E-state index contributed by atoms with van der Waals surface area (Å²) in [7, 11) is 1.63. The van der Waals surface area contributed by atoms with Crippen LogP contribution in [0.2, 0.25) is 0 Å². The van der Waals surface area contributed by atoms with Gasteiger partial charge >= 0.3 is 6.18 Å². The van der Waals surface area contributed by atoms with E-state index >= 15 is 0 Å². The van der Waals surface area contributed by atoms with Crippen molar-refractivity contribution in [2.45, 2.75) is 12.6 Å². The van der Waals surface area contributed by atoms with Gasteiger partial charge in [-0.05, 0) is 37.1 Å². The molecule has 1 atom stereocenters. The number of carbonyl (C=O) groups excluding carboxylic acids is 1. The highest BCUT2D eigenvalue weighted by Gasteiger charge is 2.34. The fourth-order valence-corrected chi connectivity index (χ4v) is 2.73. The molecule has 4 nitrogen and oxygen atoms in total. The molecule has 0 aromatic heterocycles. The number of hydrogen-bond acceptors (Lipinski definition) is 3. The number of hydrogen-bond donors (Lipinski definition) is 1. The second-order valence-electron chi connectivity index (χ2n) is 5.85. The van der Waals surface area contributed by atoms with Gasteiger partial charge in [-0.1, -0.05) is 0 Å². The lowest BCUT2D eigenvalue weighted by Gasteiger charge is -2.16. The van der Waals surface area contributed by atoms with E-state index in [0.717, 1.165) is 32.1 Å². The number of ether oxygens (including phenoxy) is 1. The maximum Gasteiger partial charge on any atom is 0.419 e. The number of amides is 1. The van der Waals surface area contributed by atoms with Crippen molar-refractivity contribution in [3.8, 4) is 0 Å². The number of rotatable bonds is 6. The molecule has 0 saturated carbocycles. The average molecular weight is 348 g/mol. The van der Waals surface area contributed by atoms with Gasteiger partial charge in [0.1, 0.15) is 5.82 Å². The maximum atomic E-state index is 13.2. The third-order valence-electron chi connectivity index (χ3n) is 4.07. The first-order valence-corrected chi connectivity index (χ1v) is 7.67. The quantitative estimate of drug-likeness (QED) is 0.804. The smallest absolute Gasteiger partial charge is 0.383 e. The SMILES string of the molecule is COCCN1CC[C@H](CNC(=O)c2ccc(F)c(C(F)(F)F)c2)C1. The van der Waals surface area contributed by atoms with Crippen molar-refractivity contribution in [1.29, 1.82) is 0 Å². The first-order valence-electron chi connectivity index (χ1n) is 7.67. The van der Waals surface area contributed by atoms with Crippen LogP contribution in [0.1, 0.15) is 22.3 Å². The third kappa shape index (κ3) is 4.91. The Balaban J connectivity index is 1.89. The summed E-state index contributed by atoms with van der Waals surface area (Å²) in [5.74, 6) is -1.77. The fraction of sp³-hybridized carbons (Fsp3) is 0.562. The molecule has 1 aromatic rings. The lowest BCUT2D eigenvalue weighted by molar-refractivity contribution is -0.140. The van der Waals surface area contributed by atoms with Crippen molar-refractivity contribution in [1.82, 2.24) is 10.2 Å². The second kappa shape index (κ2) is 7.94. The number of carbonyl (C=O) groups is 1. The van der Waals surface area contributed by atoms with Crippen LogP contribution in [-0.4, -0.2) is 50.7 Å². The molecule has 0 bridgehead atoms. The zero-order chi connectivity index (χ0) is 17.7. The van der Waals surface area contributed by atoms with Gasteiger partial charge in [-0.2, -0.15) is 13.2 Å². The van der Waals surface area contributed by atoms with Crippen LogP contribution in [0.3, 0.4) is 0 Å². The number of likely N-dealkylation sites (tertiary alicyclic amines) is 1. The summed E-state index contributed by atoms with van der Waals surface area (Å²) in [6.07, 6.45) is -3.92. The van der Waals surface area contributed by atoms with E-state index in [9.17, 15) is 22.4 Å². The van der Waals surface area contributed by atoms with Crippen LogP contribution >= 0.6 is 0 Å². The van der Waals surface area contributed by atoms with Crippen LogP contribution in [-0.2, 0) is 10.9 Å². The van der Waals surface area contributed by atoms with Gasteiger partial charge in [-0.25, -0.2) is 4.39 Å². The monoisotopic (exact) mass is 348 g/mol. The Morgan fingerprint density at radius 2 is 2.17 bits per heavy atom. The van der Waals surface area contributed by atoms with E-state index in [0.29, 0.717) is 25.3 Å². The van der Waals surface area contributed by atoms with Crippen molar-refractivity contribution < 1.29 is 27.1 Å². The van der Waals surface area contributed by atoms with Gasteiger partial charge in [0.2, 0.25) is 0 Å². The minimum atomic E-state index is -4.83. The maximum absolute atomic E-state index is 13.2. The summed E-state index contributed by atoms with van der Waals surface area (Å²) in [4.78, 5) is 14.2. The zero-order valence-electron chi connectivity index (χ0n) is 13.3. The van der Waals surface area contributed by atoms with Crippen molar-refractivity contribution in [3.63, 3.8) is 0 Å². The van der Waals surface area contributed by atoms with Crippen LogP contribution < -0.4 is 5.32 Å². The van der Waals surface area contributed by atoms with E-state index in [1.54, 1.807) is 7.11 Å². The molecule has 1 aliphatic rings. The molecule has 0 unspecified atom stereocenters. The number of benzene rings is 1. The number of nitrogens with zero attached hydrogens (tertiary/aromatic N) is 1. The molecule has 0 radical (unpaired) electrons. The minimum absolute atomic E-state index is 0.196. The molecule has 134 valence electrons. The van der Waals surface area contributed by atoms with E-state index in [-0.39, 0.29) is 11.5 Å². The predicted octanol–water partition coefficient (Wildman–Crippen LogP) is 2.54. The number of methoxy groups -OCH3 is 1. The standard InChI is InChI=1S/C16H20F4N2O2/c1-24-7-6-22-5-4-11(10-22)9-21-15(23)12-2-3-14(17)13(8-12)16(18,19)20/h2-3,8,11H,4-7,9-10H2,1H3,(H,21,23)/t11-/m1/s1. The highest BCUT2D eigenvalue weighted by molar-refractivity contribution is 5.94. The molecule has 2 rings (SSSR count). The van der Waals surface area contributed by atoms with E-state index in [1.807, 2.05) is 0 Å². The molecule has 1 saturated heterocycles. The Hall–Kier alpha value is -1.67. The Morgan fingerprint density at radius 3 is 2.83 bits per heavy atom. The van der Waals surface area contributed by atoms with Gasteiger partial charge in [0, 0.05) is 32.3 Å².